The number of hydrogen-bond donors (Lipinski definition) is 2. The van der Waals surface area contributed by atoms with Crippen LogP contribution in [0, 0.1) is 13.8 Å². The number of aryl methyl sites for hydroxylation is 3. The summed E-state index contributed by atoms with van der Waals surface area (Å²) in [7, 11) is 1.87. The third-order valence-electron chi connectivity index (χ3n) is 4.72. The number of nitrogens with zero attached hydrogens (tertiary/aromatic N) is 5. The number of anilines is 1. The predicted molar refractivity (Wildman–Crippen MR) is 95.5 cm³/mol. The van der Waals surface area contributed by atoms with Crippen molar-refractivity contribution in [3.05, 3.63) is 23.0 Å². The molecular weight excluding hydrogens is 318 g/mol. The maximum absolute atomic E-state index is 12.3. The van der Waals surface area contributed by atoms with Gasteiger partial charge in [-0.25, -0.2) is 9.67 Å². The van der Waals surface area contributed by atoms with Crippen LogP contribution in [0.2, 0.25) is 0 Å². The minimum atomic E-state index is -0.0496. The molecule has 0 unspecified atom stereocenters. The van der Waals surface area contributed by atoms with E-state index >= 15 is 0 Å². The Balaban J connectivity index is 1.54. The molecule has 1 atom stereocenters. The SMILES string of the molecule is Cc1nn(C)c(C)c1NC(=O)CN[C@H]1CCc2nc(C(C)C)nn2C1. The van der Waals surface area contributed by atoms with Crippen LogP contribution in [-0.4, -0.2) is 43.0 Å². The smallest absolute Gasteiger partial charge is 0.238 e. The molecule has 1 amide bonds. The van der Waals surface area contributed by atoms with E-state index in [0.717, 1.165) is 48.1 Å². The highest BCUT2D eigenvalue weighted by Crippen LogP contribution is 2.19. The summed E-state index contributed by atoms with van der Waals surface area (Å²) in [5.41, 5.74) is 2.59. The van der Waals surface area contributed by atoms with Crippen LogP contribution in [0.1, 0.15) is 49.2 Å². The van der Waals surface area contributed by atoms with Crippen LogP contribution in [0.25, 0.3) is 0 Å². The lowest BCUT2D eigenvalue weighted by Crippen LogP contribution is -2.41. The molecule has 0 radical (unpaired) electrons. The number of aromatic nitrogens is 5. The van der Waals surface area contributed by atoms with Gasteiger partial charge in [-0.05, 0) is 20.3 Å². The van der Waals surface area contributed by atoms with Crippen molar-refractivity contribution in [2.75, 3.05) is 11.9 Å². The zero-order chi connectivity index (χ0) is 18.1. The van der Waals surface area contributed by atoms with Gasteiger partial charge >= 0.3 is 0 Å². The molecule has 2 aromatic rings. The second kappa shape index (κ2) is 6.95. The third-order valence-corrected chi connectivity index (χ3v) is 4.72. The van der Waals surface area contributed by atoms with Gasteiger partial charge in [-0.1, -0.05) is 13.8 Å². The van der Waals surface area contributed by atoms with Crippen molar-refractivity contribution < 1.29 is 4.79 Å². The molecule has 1 aliphatic rings. The number of hydrogen-bond acceptors (Lipinski definition) is 5. The van der Waals surface area contributed by atoms with Gasteiger partial charge < -0.3 is 10.6 Å². The molecule has 25 heavy (non-hydrogen) atoms. The van der Waals surface area contributed by atoms with E-state index in [0.29, 0.717) is 5.92 Å². The molecule has 0 aromatic carbocycles. The lowest BCUT2D eigenvalue weighted by molar-refractivity contribution is -0.115. The zero-order valence-corrected chi connectivity index (χ0v) is 15.6. The predicted octanol–water partition coefficient (Wildman–Crippen LogP) is 1.29. The van der Waals surface area contributed by atoms with Crippen molar-refractivity contribution in [3.8, 4) is 0 Å². The number of nitrogens with one attached hydrogen (secondary N) is 2. The van der Waals surface area contributed by atoms with Gasteiger partial charge in [0.15, 0.2) is 5.82 Å². The fourth-order valence-corrected chi connectivity index (χ4v) is 3.11. The Morgan fingerprint density at radius 2 is 2.08 bits per heavy atom. The molecule has 0 aliphatic carbocycles. The van der Waals surface area contributed by atoms with E-state index in [1.54, 1.807) is 4.68 Å². The van der Waals surface area contributed by atoms with Crippen LogP contribution in [0.5, 0.6) is 0 Å². The van der Waals surface area contributed by atoms with Crippen LogP contribution in [0.4, 0.5) is 5.69 Å². The summed E-state index contributed by atoms with van der Waals surface area (Å²) in [5, 5.41) is 15.2. The molecule has 8 nitrogen and oxygen atoms in total. The second-order valence-electron chi connectivity index (χ2n) is 7.06. The maximum Gasteiger partial charge on any atom is 0.238 e. The Hall–Kier alpha value is -2.22. The highest BCUT2D eigenvalue weighted by atomic mass is 16.1. The average molecular weight is 345 g/mol. The van der Waals surface area contributed by atoms with Gasteiger partial charge in [-0.15, -0.1) is 0 Å². The zero-order valence-electron chi connectivity index (χ0n) is 15.6. The molecule has 2 aromatic heterocycles. The molecule has 0 saturated heterocycles. The monoisotopic (exact) mass is 345 g/mol. The van der Waals surface area contributed by atoms with Crippen LogP contribution in [0.15, 0.2) is 0 Å². The Kier molecular flexibility index (Phi) is 4.89. The van der Waals surface area contributed by atoms with Gasteiger partial charge in [0.05, 0.1) is 30.2 Å². The first-order chi connectivity index (χ1) is 11.8. The minimum absolute atomic E-state index is 0.0496. The summed E-state index contributed by atoms with van der Waals surface area (Å²) in [5.74, 6) is 2.23. The van der Waals surface area contributed by atoms with Crippen LogP contribution in [-0.2, 0) is 24.8 Å². The van der Waals surface area contributed by atoms with Crippen molar-refractivity contribution >= 4 is 11.6 Å². The highest BCUT2D eigenvalue weighted by molar-refractivity contribution is 5.93. The number of carbonyl (C=O) groups is 1. The fraction of sp³-hybridized carbons (Fsp3) is 0.647. The molecule has 136 valence electrons. The summed E-state index contributed by atoms with van der Waals surface area (Å²) < 4.78 is 3.75. The number of amides is 1. The van der Waals surface area contributed by atoms with E-state index in [4.69, 9.17) is 0 Å². The quantitative estimate of drug-likeness (QED) is 0.852. The van der Waals surface area contributed by atoms with Gasteiger partial charge in [0.2, 0.25) is 5.91 Å². The summed E-state index contributed by atoms with van der Waals surface area (Å²) in [6.07, 6.45) is 1.86. The van der Waals surface area contributed by atoms with Crippen LogP contribution < -0.4 is 10.6 Å². The van der Waals surface area contributed by atoms with Crippen molar-refractivity contribution in [2.45, 2.75) is 59.0 Å². The number of rotatable bonds is 5. The Labute approximate surface area is 148 Å². The highest BCUT2D eigenvalue weighted by Gasteiger charge is 2.23. The first-order valence-corrected chi connectivity index (χ1v) is 8.82. The first kappa shape index (κ1) is 17.6. The largest absolute Gasteiger partial charge is 0.322 e. The van der Waals surface area contributed by atoms with E-state index in [-0.39, 0.29) is 18.5 Å². The van der Waals surface area contributed by atoms with Crippen molar-refractivity contribution in [2.24, 2.45) is 7.05 Å². The first-order valence-electron chi connectivity index (χ1n) is 8.82. The minimum Gasteiger partial charge on any atom is -0.322 e. The molecule has 1 aliphatic heterocycles. The Morgan fingerprint density at radius 1 is 1.32 bits per heavy atom. The van der Waals surface area contributed by atoms with Crippen molar-refractivity contribution in [1.82, 2.24) is 29.9 Å². The molecule has 0 spiro atoms. The van der Waals surface area contributed by atoms with E-state index in [1.807, 2.05) is 25.6 Å². The number of carbonyl (C=O) groups excluding carboxylic acids is 1. The maximum atomic E-state index is 12.3. The van der Waals surface area contributed by atoms with E-state index in [9.17, 15) is 4.79 Å². The molecular formula is C17H27N7O. The van der Waals surface area contributed by atoms with Gasteiger partial charge in [0.1, 0.15) is 5.82 Å². The van der Waals surface area contributed by atoms with Gasteiger partial charge in [-0.3, -0.25) is 9.48 Å². The Bertz CT molecular complexity index is 774. The summed E-state index contributed by atoms with van der Waals surface area (Å²) in [6.45, 7) is 9.08. The molecule has 3 heterocycles. The van der Waals surface area contributed by atoms with Gasteiger partial charge in [0.25, 0.3) is 0 Å². The van der Waals surface area contributed by atoms with E-state index < -0.39 is 0 Å². The summed E-state index contributed by atoms with van der Waals surface area (Å²) in [6, 6.07) is 0.232. The van der Waals surface area contributed by atoms with Crippen LogP contribution >= 0.6 is 0 Å². The molecule has 0 bridgehead atoms. The standard InChI is InChI=1S/C17H27N7O/c1-10(2)17-19-14-7-6-13(9-24(14)22-17)18-8-15(25)20-16-11(3)21-23(5)12(16)4/h10,13,18H,6-9H2,1-5H3,(H,20,25)/t13-/m0/s1. The van der Waals surface area contributed by atoms with Crippen LogP contribution in [0.3, 0.4) is 0 Å². The lowest BCUT2D eigenvalue weighted by atomic mass is 10.1. The third kappa shape index (κ3) is 3.73. The van der Waals surface area contributed by atoms with Gasteiger partial charge in [0, 0.05) is 25.4 Å². The van der Waals surface area contributed by atoms with E-state index in [2.05, 4.69) is 39.7 Å². The lowest BCUT2D eigenvalue weighted by Gasteiger charge is -2.23. The second-order valence-corrected chi connectivity index (χ2v) is 7.06. The molecule has 0 fully saturated rings. The Morgan fingerprint density at radius 3 is 2.72 bits per heavy atom. The van der Waals surface area contributed by atoms with Crippen molar-refractivity contribution in [1.29, 1.82) is 0 Å². The molecule has 8 heteroatoms. The van der Waals surface area contributed by atoms with Gasteiger partial charge in [-0.2, -0.15) is 10.2 Å². The molecule has 0 saturated carbocycles. The number of fused-ring (bicyclic) bond motifs is 1. The van der Waals surface area contributed by atoms with E-state index in [1.165, 1.54) is 0 Å². The summed E-state index contributed by atoms with van der Waals surface area (Å²) >= 11 is 0. The topological polar surface area (TPSA) is 89.7 Å². The summed E-state index contributed by atoms with van der Waals surface area (Å²) in [4.78, 5) is 16.9. The molecule has 2 N–H and O–H groups in total. The van der Waals surface area contributed by atoms with Crippen molar-refractivity contribution in [3.63, 3.8) is 0 Å². The average Bonchev–Trinajstić information content (AvgIpc) is 3.09. The fourth-order valence-electron chi connectivity index (χ4n) is 3.11. The normalized spacial score (nSPS) is 17.0. The molecule has 3 rings (SSSR count).